The second-order valence-corrected chi connectivity index (χ2v) is 11.1. The highest BCUT2D eigenvalue weighted by molar-refractivity contribution is 6.17. The number of likely N-dealkylation sites (tertiary alicyclic amines) is 1. The predicted octanol–water partition coefficient (Wildman–Crippen LogP) is 4.93. The Labute approximate surface area is 261 Å². The number of halogens is 1. The predicted molar refractivity (Wildman–Crippen MR) is 164 cm³/mol. The van der Waals surface area contributed by atoms with Crippen molar-refractivity contribution in [1.82, 2.24) is 24.5 Å². The molecule has 44 heavy (non-hydrogen) atoms. The van der Waals surface area contributed by atoms with E-state index in [2.05, 4.69) is 22.3 Å². The molecule has 1 saturated heterocycles. The van der Waals surface area contributed by atoms with Crippen LogP contribution in [-0.2, 0) is 39.8 Å². The summed E-state index contributed by atoms with van der Waals surface area (Å²) in [6.07, 6.45) is 7.52. The monoisotopic (exact) mass is 617 g/mol. The van der Waals surface area contributed by atoms with Gasteiger partial charge in [-0.15, -0.1) is 11.6 Å². The molecule has 230 valence electrons. The fourth-order valence-electron chi connectivity index (χ4n) is 5.12. The smallest absolute Gasteiger partial charge is 0.341 e. The summed E-state index contributed by atoms with van der Waals surface area (Å²) >= 11 is 5.74. The van der Waals surface area contributed by atoms with E-state index >= 15 is 0 Å². The van der Waals surface area contributed by atoms with Gasteiger partial charge in [-0.3, -0.25) is 14.2 Å². The van der Waals surface area contributed by atoms with Crippen molar-refractivity contribution in [3.8, 4) is 0 Å². The molecule has 1 saturated carbocycles. The highest BCUT2D eigenvalue weighted by Gasteiger charge is 2.51. The molecule has 1 amide bonds. The van der Waals surface area contributed by atoms with Crippen molar-refractivity contribution in [2.45, 2.75) is 45.8 Å². The molecule has 2 fully saturated rings. The maximum absolute atomic E-state index is 12.0. The molecule has 0 spiro atoms. The standard InChI is InChI=1S/C19H21N3O3.C14H15ClN2O2/c1-2-25-19(24)16-8-20-22(12-16)10-14-5-3-13(4-6-14)9-21-11-15-7-17(15)18(21)23;1-2-19-14(18)13-8-16-17(10-13)9-12-5-3-11(7-15)4-6-12/h3-6,8,12,15,17H,2,7,9-11H2,1H3;3-6,8,10H,2,7,9H2,1H3. The third-order valence-electron chi connectivity index (χ3n) is 7.56. The van der Waals surface area contributed by atoms with Crippen LogP contribution >= 0.6 is 11.6 Å². The number of alkyl halides is 1. The van der Waals surface area contributed by atoms with Crippen LogP contribution < -0.4 is 0 Å². The van der Waals surface area contributed by atoms with Crippen molar-refractivity contribution >= 4 is 29.4 Å². The number of piperidine rings is 1. The van der Waals surface area contributed by atoms with Gasteiger partial charge in [0.1, 0.15) is 0 Å². The van der Waals surface area contributed by atoms with Crippen LogP contribution in [0.25, 0.3) is 0 Å². The highest BCUT2D eigenvalue weighted by Crippen LogP contribution is 2.46. The van der Waals surface area contributed by atoms with E-state index in [9.17, 15) is 14.4 Å². The first-order valence-corrected chi connectivity index (χ1v) is 15.3. The topological polar surface area (TPSA) is 109 Å². The summed E-state index contributed by atoms with van der Waals surface area (Å²) in [7, 11) is 0. The van der Waals surface area contributed by atoms with Crippen LogP contribution in [-0.4, -0.2) is 62.1 Å². The zero-order valence-electron chi connectivity index (χ0n) is 24.9. The van der Waals surface area contributed by atoms with E-state index in [0.717, 1.165) is 35.2 Å². The molecule has 3 heterocycles. The van der Waals surface area contributed by atoms with E-state index in [4.69, 9.17) is 21.1 Å². The number of nitrogens with zero attached hydrogens (tertiary/aromatic N) is 5. The van der Waals surface area contributed by atoms with E-state index in [1.54, 1.807) is 35.6 Å². The fraction of sp³-hybridized carbons (Fsp3) is 0.364. The van der Waals surface area contributed by atoms with Crippen LogP contribution in [0.5, 0.6) is 0 Å². The minimum atomic E-state index is -0.350. The summed E-state index contributed by atoms with van der Waals surface area (Å²) in [5, 5.41) is 8.35. The normalized spacial score (nSPS) is 16.6. The van der Waals surface area contributed by atoms with Crippen LogP contribution in [0.2, 0.25) is 0 Å². The maximum Gasteiger partial charge on any atom is 0.341 e. The quantitative estimate of drug-likeness (QED) is 0.173. The molecule has 10 nitrogen and oxygen atoms in total. The van der Waals surface area contributed by atoms with Crippen LogP contribution in [0.3, 0.4) is 0 Å². The van der Waals surface area contributed by atoms with Gasteiger partial charge < -0.3 is 14.4 Å². The van der Waals surface area contributed by atoms with Crippen molar-refractivity contribution in [1.29, 1.82) is 0 Å². The Morgan fingerprint density at radius 2 is 1.23 bits per heavy atom. The number of hydrogen-bond acceptors (Lipinski definition) is 7. The molecule has 0 N–H and O–H groups in total. The summed E-state index contributed by atoms with van der Waals surface area (Å²) in [6, 6.07) is 16.2. The Hall–Kier alpha value is -4.44. The van der Waals surface area contributed by atoms with Gasteiger partial charge in [-0.25, -0.2) is 9.59 Å². The SMILES string of the molecule is CCOC(=O)c1cnn(Cc2ccc(CCl)cc2)c1.CCOC(=O)c1cnn(Cc2ccc(CN3CC4CC4C3=O)cc2)c1. The van der Waals surface area contributed by atoms with Gasteiger partial charge in [-0.2, -0.15) is 10.2 Å². The molecule has 0 radical (unpaired) electrons. The molecule has 1 aliphatic heterocycles. The Kier molecular flexibility index (Phi) is 10.1. The molecular weight excluding hydrogens is 582 g/mol. The Morgan fingerprint density at radius 3 is 1.64 bits per heavy atom. The lowest BCUT2D eigenvalue weighted by Crippen LogP contribution is -2.27. The third kappa shape index (κ3) is 7.93. The summed E-state index contributed by atoms with van der Waals surface area (Å²) < 4.78 is 13.3. The highest BCUT2D eigenvalue weighted by atomic mass is 35.5. The van der Waals surface area contributed by atoms with Gasteiger partial charge in [0.15, 0.2) is 0 Å². The Morgan fingerprint density at radius 1 is 0.773 bits per heavy atom. The van der Waals surface area contributed by atoms with E-state index in [1.807, 2.05) is 41.3 Å². The van der Waals surface area contributed by atoms with Crippen molar-refractivity contribution in [3.63, 3.8) is 0 Å². The average molecular weight is 618 g/mol. The first-order chi connectivity index (χ1) is 21.4. The van der Waals surface area contributed by atoms with E-state index in [1.165, 1.54) is 12.4 Å². The number of ether oxygens (including phenoxy) is 2. The molecular formula is C33H36ClN5O5. The number of carbonyl (C=O) groups is 3. The minimum Gasteiger partial charge on any atom is -0.462 e. The first kappa shape index (κ1) is 31.0. The zero-order chi connectivity index (χ0) is 31.1. The van der Waals surface area contributed by atoms with Gasteiger partial charge in [-0.1, -0.05) is 48.5 Å². The fourth-order valence-corrected chi connectivity index (χ4v) is 5.30. The molecule has 11 heteroatoms. The van der Waals surface area contributed by atoms with Crippen LogP contribution in [0.1, 0.15) is 63.2 Å². The van der Waals surface area contributed by atoms with Gasteiger partial charge in [0, 0.05) is 37.3 Å². The summed E-state index contributed by atoms with van der Waals surface area (Å²) in [4.78, 5) is 37.2. The van der Waals surface area contributed by atoms with Gasteiger partial charge in [0.2, 0.25) is 5.91 Å². The van der Waals surface area contributed by atoms with Crippen molar-refractivity contribution in [2.24, 2.45) is 11.8 Å². The van der Waals surface area contributed by atoms with Crippen LogP contribution in [0.4, 0.5) is 0 Å². The van der Waals surface area contributed by atoms with Gasteiger partial charge in [0.05, 0.1) is 49.8 Å². The molecule has 2 aliphatic rings. The van der Waals surface area contributed by atoms with Crippen LogP contribution in [0, 0.1) is 11.8 Å². The molecule has 2 atom stereocenters. The van der Waals surface area contributed by atoms with Gasteiger partial charge >= 0.3 is 11.9 Å². The minimum absolute atomic E-state index is 0.313. The number of rotatable bonds is 11. The lowest BCUT2D eigenvalue weighted by Gasteiger charge is -2.18. The lowest BCUT2D eigenvalue weighted by molar-refractivity contribution is -0.130. The molecule has 6 rings (SSSR count). The number of hydrogen-bond donors (Lipinski definition) is 0. The van der Waals surface area contributed by atoms with E-state index in [0.29, 0.717) is 67.6 Å². The van der Waals surface area contributed by atoms with Crippen molar-refractivity contribution in [2.75, 3.05) is 19.8 Å². The molecule has 2 unspecified atom stereocenters. The molecule has 2 aromatic heterocycles. The van der Waals surface area contributed by atoms with Gasteiger partial charge in [-0.05, 0) is 48.4 Å². The molecule has 0 bridgehead atoms. The van der Waals surface area contributed by atoms with Gasteiger partial charge in [0.25, 0.3) is 0 Å². The maximum atomic E-state index is 12.0. The summed E-state index contributed by atoms with van der Waals surface area (Å²) in [5.41, 5.74) is 5.36. The second kappa shape index (κ2) is 14.4. The summed E-state index contributed by atoms with van der Waals surface area (Å²) in [5.74, 6) is 1.06. The van der Waals surface area contributed by atoms with E-state index in [-0.39, 0.29) is 11.9 Å². The molecule has 2 aromatic carbocycles. The first-order valence-electron chi connectivity index (χ1n) is 14.8. The van der Waals surface area contributed by atoms with Crippen molar-refractivity contribution < 1.29 is 23.9 Å². The number of benzene rings is 2. The Bertz CT molecular complexity index is 1580. The number of esters is 2. The number of aromatic nitrogens is 4. The number of fused-ring (bicyclic) bond motifs is 1. The third-order valence-corrected chi connectivity index (χ3v) is 7.87. The van der Waals surface area contributed by atoms with Crippen LogP contribution in [0.15, 0.2) is 73.3 Å². The number of amides is 1. The van der Waals surface area contributed by atoms with E-state index < -0.39 is 0 Å². The Balaban J connectivity index is 0.000000182. The second-order valence-electron chi connectivity index (χ2n) is 10.9. The molecule has 4 aromatic rings. The van der Waals surface area contributed by atoms with Crippen molar-refractivity contribution in [3.05, 3.63) is 107 Å². The largest absolute Gasteiger partial charge is 0.462 e. The molecule has 1 aliphatic carbocycles. The lowest BCUT2D eigenvalue weighted by atomic mass is 10.1. The zero-order valence-corrected chi connectivity index (χ0v) is 25.7. The average Bonchev–Trinajstić information content (AvgIpc) is 3.31. The summed E-state index contributed by atoms with van der Waals surface area (Å²) in [6.45, 7) is 7.09. The number of carbonyl (C=O) groups excluding carboxylic acids is 3.